The largest absolute Gasteiger partial charge is 0.354 e. The fraction of sp³-hybridized carbons (Fsp3) is 0.269. The number of rotatable bonds is 7. The van der Waals surface area contributed by atoms with Gasteiger partial charge in [-0.05, 0) is 73.9 Å². The Hall–Kier alpha value is -3.54. The Labute approximate surface area is 187 Å². The van der Waals surface area contributed by atoms with Crippen molar-refractivity contribution in [1.29, 1.82) is 0 Å². The molecule has 0 radical (unpaired) electrons. The molecular weight excluding hydrogens is 403 g/mol. The van der Waals surface area contributed by atoms with E-state index in [1.165, 1.54) is 12.1 Å². The summed E-state index contributed by atoms with van der Waals surface area (Å²) in [7, 11) is 0. The van der Waals surface area contributed by atoms with E-state index in [1.54, 1.807) is 18.3 Å². The van der Waals surface area contributed by atoms with Crippen LogP contribution in [0.15, 0.2) is 60.8 Å². The summed E-state index contributed by atoms with van der Waals surface area (Å²) >= 11 is 0. The molecule has 2 aromatic carbocycles. The van der Waals surface area contributed by atoms with E-state index in [0.717, 1.165) is 39.2 Å². The zero-order valence-corrected chi connectivity index (χ0v) is 18.6. The van der Waals surface area contributed by atoms with Gasteiger partial charge in [-0.3, -0.25) is 9.78 Å². The molecule has 0 aliphatic rings. The summed E-state index contributed by atoms with van der Waals surface area (Å²) in [6.45, 7) is 6.52. The second-order valence-electron chi connectivity index (χ2n) is 8.16. The molecule has 0 aliphatic carbocycles. The highest BCUT2D eigenvalue weighted by Gasteiger charge is 2.22. The first-order chi connectivity index (χ1) is 15.4. The highest BCUT2D eigenvalue weighted by Crippen LogP contribution is 2.26. The Morgan fingerprint density at radius 1 is 1.09 bits per heavy atom. The molecule has 4 aromatic rings. The molecule has 0 spiro atoms. The molecular formula is C26H27FN4O. The maximum Gasteiger partial charge on any atom is 0.242 e. The predicted octanol–water partition coefficient (Wildman–Crippen LogP) is 4.70. The summed E-state index contributed by atoms with van der Waals surface area (Å²) in [4.78, 5) is 22.2. The first-order valence-corrected chi connectivity index (χ1v) is 10.8. The van der Waals surface area contributed by atoms with E-state index in [-0.39, 0.29) is 11.7 Å². The molecule has 0 saturated heterocycles. The van der Waals surface area contributed by atoms with E-state index >= 15 is 0 Å². The van der Waals surface area contributed by atoms with Crippen LogP contribution in [0.2, 0.25) is 0 Å². The van der Waals surface area contributed by atoms with Gasteiger partial charge in [0.1, 0.15) is 17.7 Å². The quantitative estimate of drug-likeness (QED) is 0.462. The Kier molecular flexibility index (Phi) is 6.30. The zero-order valence-electron chi connectivity index (χ0n) is 18.6. The second kappa shape index (κ2) is 9.30. The van der Waals surface area contributed by atoms with Gasteiger partial charge < -0.3 is 9.88 Å². The lowest BCUT2D eigenvalue weighted by atomic mass is 10.1. The molecule has 0 aliphatic heterocycles. The van der Waals surface area contributed by atoms with Gasteiger partial charge in [0, 0.05) is 31.3 Å². The van der Waals surface area contributed by atoms with Gasteiger partial charge in [0.15, 0.2) is 0 Å². The number of nitrogens with one attached hydrogen (secondary N) is 1. The van der Waals surface area contributed by atoms with Crippen molar-refractivity contribution < 1.29 is 9.18 Å². The molecule has 1 atom stereocenters. The molecule has 0 bridgehead atoms. The fourth-order valence-corrected chi connectivity index (χ4v) is 3.87. The number of carbonyl (C=O) groups is 1. The number of benzene rings is 2. The number of halogens is 1. The maximum absolute atomic E-state index is 13.4. The Bertz CT molecular complexity index is 1230. The van der Waals surface area contributed by atoms with Crippen LogP contribution in [-0.4, -0.2) is 27.0 Å². The average Bonchev–Trinajstić information content (AvgIpc) is 3.12. The standard InChI is InChI=1S/C26H27FN4O/c1-17-14-23-24(15-18(17)2)31(25(30-23)16-20-7-9-21(27)10-8-20)19(3)26(32)29-13-11-22-6-4-5-12-28-22/h4-10,12,14-15,19H,11,13,16H2,1-3H3,(H,29,32)/t19-/m0/s1. The van der Waals surface area contributed by atoms with Crippen molar-refractivity contribution >= 4 is 16.9 Å². The van der Waals surface area contributed by atoms with Gasteiger partial charge in [0.2, 0.25) is 5.91 Å². The minimum atomic E-state index is -0.443. The van der Waals surface area contributed by atoms with Crippen LogP contribution in [-0.2, 0) is 17.6 Å². The molecule has 2 heterocycles. The first kappa shape index (κ1) is 21.7. The van der Waals surface area contributed by atoms with Gasteiger partial charge in [-0.2, -0.15) is 0 Å². The number of imidazole rings is 1. The Morgan fingerprint density at radius 2 is 1.84 bits per heavy atom. The van der Waals surface area contributed by atoms with Gasteiger partial charge in [-0.1, -0.05) is 18.2 Å². The molecule has 2 aromatic heterocycles. The van der Waals surface area contributed by atoms with E-state index in [1.807, 2.05) is 29.7 Å². The summed E-state index contributed by atoms with van der Waals surface area (Å²) in [5.41, 5.74) is 5.98. The van der Waals surface area contributed by atoms with Crippen LogP contribution >= 0.6 is 0 Å². The summed E-state index contributed by atoms with van der Waals surface area (Å²) in [5.74, 6) is 0.442. The number of amides is 1. The number of nitrogens with zero attached hydrogens (tertiary/aromatic N) is 3. The lowest BCUT2D eigenvalue weighted by Crippen LogP contribution is -2.33. The molecule has 164 valence electrons. The normalized spacial score (nSPS) is 12.1. The van der Waals surface area contributed by atoms with Crippen molar-refractivity contribution in [3.63, 3.8) is 0 Å². The molecule has 6 heteroatoms. The van der Waals surface area contributed by atoms with Crippen molar-refractivity contribution in [2.24, 2.45) is 0 Å². The lowest BCUT2D eigenvalue weighted by molar-refractivity contribution is -0.123. The lowest BCUT2D eigenvalue weighted by Gasteiger charge is -2.18. The summed E-state index contributed by atoms with van der Waals surface area (Å²) in [6, 6.07) is 15.9. The SMILES string of the molecule is Cc1cc2nc(Cc3ccc(F)cc3)n([C@@H](C)C(=O)NCCc3ccccn3)c2cc1C. The van der Waals surface area contributed by atoms with Crippen molar-refractivity contribution in [2.45, 2.75) is 39.7 Å². The van der Waals surface area contributed by atoms with Crippen LogP contribution in [0.3, 0.4) is 0 Å². The van der Waals surface area contributed by atoms with E-state index in [2.05, 4.69) is 36.3 Å². The number of carbonyl (C=O) groups excluding carboxylic acids is 1. The molecule has 0 fully saturated rings. The third kappa shape index (κ3) is 4.69. The first-order valence-electron chi connectivity index (χ1n) is 10.8. The minimum Gasteiger partial charge on any atom is -0.354 e. The number of fused-ring (bicyclic) bond motifs is 1. The molecule has 0 saturated carbocycles. The topological polar surface area (TPSA) is 59.8 Å². The van der Waals surface area contributed by atoms with Crippen LogP contribution in [0.4, 0.5) is 4.39 Å². The molecule has 1 N–H and O–H groups in total. The van der Waals surface area contributed by atoms with Gasteiger partial charge in [-0.15, -0.1) is 0 Å². The summed E-state index contributed by atoms with van der Waals surface area (Å²) < 4.78 is 15.4. The van der Waals surface area contributed by atoms with Gasteiger partial charge in [0.25, 0.3) is 0 Å². The summed E-state index contributed by atoms with van der Waals surface area (Å²) in [5, 5.41) is 3.03. The van der Waals surface area contributed by atoms with Crippen molar-refractivity contribution in [3.05, 3.63) is 94.8 Å². The van der Waals surface area contributed by atoms with Gasteiger partial charge in [0.05, 0.1) is 11.0 Å². The Balaban J connectivity index is 1.61. The average molecular weight is 431 g/mol. The third-order valence-corrected chi connectivity index (χ3v) is 5.83. The Morgan fingerprint density at radius 3 is 2.56 bits per heavy atom. The molecule has 4 rings (SSSR count). The number of hydrogen-bond acceptors (Lipinski definition) is 3. The van der Waals surface area contributed by atoms with E-state index < -0.39 is 6.04 Å². The minimum absolute atomic E-state index is 0.0705. The zero-order chi connectivity index (χ0) is 22.7. The van der Waals surface area contributed by atoms with E-state index in [4.69, 9.17) is 4.98 Å². The van der Waals surface area contributed by atoms with Gasteiger partial charge >= 0.3 is 0 Å². The van der Waals surface area contributed by atoms with Crippen LogP contribution in [0.25, 0.3) is 11.0 Å². The molecule has 1 amide bonds. The predicted molar refractivity (Wildman–Crippen MR) is 124 cm³/mol. The number of hydrogen-bond donors (Lipinski definition) is 1. The molecule has 5 nitrogen and oxygen atoms in total. The van der Waals surface area contributed by atoms with E-state index in [9.17, 15) is 9.18 Å². The summed E-state index contributed by atoms with van der Waals surface area (Å²) in [6.07, 6.45) is 2.94. The van der Waals surface area contributed by atoms with Crippen LogP contribution in [0.5, 0.6) is 0 Å². The highest BCUT2D eigenvalue weighted by atomic mass is 19.1. The van der Waals surface area contributed by atoms with Crippen LogP contribution < -0.4 is 5.32 Å². The third-order valence-electron chi connectivity index (χ3n) is 5.83. The number of aromatic nitrogens is 3. The maximum atomic E-state index is 13.4. The van der Waals surface area contributed by atoms with Crippen LogP contribution in [0, 0.1) is 19.7 Å². The van der Waals surface area contributed by atoms with Crippen molar-refractivity contribution in [3.8, 4) is 0 Å². The van der Waals surface area contributed by atoms with Crippen molar-refractivity contribution in [2.75, 3.05) is 6.54 Å². The monoisotopic (exact) mass is 430 g/mol. The smallest absolute Gasteiger partial charge is 0.242 e. The van der Waals surface area contributed by atoms with E-state index in [0.29, 0.717) is 19.4 Å². The highest BCUT2D eigenvalue weighted by molar-refractivity contribution is 5.85. The molecule has 32 heavy (non-hydrogen) atoms. The van der Waals surface area contributed by atoms with Crippen LogP contribution in [0.1, 0.15) is 41.2 Å². The van der Waals surface area contributed by atoms with Gasteiger partial charge in [-0.25, -0.2) is 9.37 Å². The fourth-order valence-electron chi connectivity index (χ4n) is 3.87. The molecule has 0 unspecified atom stereocenters. The number of aryl methyl sites for hydroxylation is 2. The number of pyridine rings is 1. The van der Waals surface area contributed by atoms with Crippen molar-refractivity contribution in [1.82, 2.24) is 19.9 Å². The second-order valence-corrected chi connectivity index (χ2v) is 8.16.